The van der Waals surface area contributed by atoms with Crippen molar-refractivity contribution in [1.82, 2.24) is 10.6 Å². The van der Waals surface area contributed by atoms with Gasteiger partial charge in [0.2, 0.25) is 5.91 Å². The molecule has 26 heavy (non-hydrogen) atoms. The molecule has 0 bridgehead atoms. The summed E-state index contributed by atoms with van der Waals surface area (Å²) in [7, 11) is 3.10. The van der Waals surface area contributed by atoms with E-state index in [1.54, 1.807) is 14.2 Å². The molecule has 2 N–H and O–H groups in total. The van der Waals surface area contributed by atoms with Crippen LogP contribution in [0, 0.1) is 0 Å². The fourth-order valence-electron chi connectivity index (χ4n) is 2.08. The lowest BCUT2D eigenvalue weighted by Crippen LogP contribution is -2.31. The molecule has 0 fully saturated rings. The Balaban J connectivity index is 3.39. The number of carbonyl (C=O) groups excluding carboxylic acids is 2. The molecule has 1 unspecified atom stereocenters. The molecular formula is C18H36N2O6. The zero-order valence-corrected chi connectivity index (χ0v) is 16.5. The van der Waals surface area contributed by atoms with E-state index in [-0.39, 0.29) is 18.6 Å². The fraction of sp³-hybridized carbons (Fsp3) is 0.889. The summed E-state index contributed by atoms with van der Waals surface area (Å²) in [6.45, 7) is 4.95. The van der Waals surface area contributed by atoms with Gasteiger partial charge in [0.05, 0.1) is 6.61 Å². The van der Waals surface area contributed by atoms with E-state index >= 15 is 0 Å². The van der Waals surface area contributed by atoms with E-state index in [0.717, 1.165) is 25.8 Å². The van der Waals surface area contributed by atoms with Crippen LogP contribution in [0.15, 0.2) is 0 Å². The molecular weight excluding hydrogens is 340 g/mol. The molecule has 0 heterocycles. The van der Waals surface area contributed by atoms with E-state index in [1.807, 2.05) is 0 Å². The molecule has 0 aromatic rings. The number of hydrogen-bond donors (Lipinski definition) is 2. The highest BCUT2D eigenvalue weighted by molar-refractivity contribution is 5.75. The third-order valence-electron chi connectivity index (χ3n) is 3.62. The lowest BCUT2D eigenvalue weighted by Gasteiger charge is -2.14. The van der Waals surface area contributed by atoms with Gasteiger partial charge in [0.1, 0.15) is 12.7 Å². The van der Waals surface area contributed by atoms with Crippen LogP contribution >= 0.6 is 0 Å². The summed E-state index contributed by atoms with van der Waals surface area (Å²) in [5.41, 5.74) is 0. The lowest BCUT2D eigenvalue weighted by molar-refractivity contribution is -0.121. The van der Waals surface area contributed by atoms with Crippen LogP contribution in [0.25, 0.3) is 0 Å². The zero-order chi connectivity index (χ0) is 19.5. The van der Waals surface area contributed by atoms with Crippen LogP contribution < -0.4 is 10.6 Å². The van der Waals surface area contributed by atoms with Gasteiger partial charge in [-0.15, -0.1) is 0 Å². The average Bonchev–Trinajstić information content (AvgIpc) is 2.64. The van der Waals surface area contributed by atoms with Crippen molar-refractivity contribution in [2.75, 3.05) is 53.7 Å². The molecule has 0 rings (SSSR count). The minimum atomic E-state index is -0.483. The molecule has 0 aliphatic carbocycles. The first-order chi connectivity index (χ1) is 12.6. The largest absolute Gasteiger partial charge is 0.447 e. The molecule has 0 aromatic carbocycles. The van der Waals surface area contributed by atoms with Crippen molar-refractivity contribution >= 4 is 12.0 Å². The number of rotatable bonds is 17. The summed E-state index contributed by atoms with van der Waals surface area (Å²) in [6, 6.07) is 0. The van der Waals surface area contributed by atoms with Crippen molar-refractivity contribution in [2.24, 2.45) is 0 Å². The normalized spacial score (nSPS) is 11.8. The predicted molar refractivity (Wildman–Crippen MR) is 99.2 cm³/mol. The zero-order valence-electron chi connectivity index (χ0n) is 16.5. The van der Waals surface area contributed by atoms with Gasteiger partial charge in [0, 0.05) is 46.9 Å². The Labute approximate surface area is 157 Å². The second kappa shape index (κ2) is 18.4. The number of hydrogen-bond acceptors (Lipinski definition) is 6. The third kappa shape index (κ3) is 16.1. The number of carbonyl (C=O) groups is 2. The molecule has 0 spiro atoms. The molecule has 0 saturated heterocycles. The Morgan fingerprint density at radius 3 is 2.35 bits per heavy atom. The van der Waals surface area contributed by atoms with Crippen LogP contribution in [0.1, 0.15) is 45.4 Å². The standard InChI is InChI=1S/C18H36N2O6/c1-4-5-6-10-19-17(21)9-7-12-25-13-8-11-20-18(22)26-15-16(24-3)14-23-2/h16H,4-15H2,1-3H3,(H,19,21)(H,20,22). The Hall–Kier alpha value is -1.38. The quantitative estimate of drug-likeness (QED) is 0.376. The van der Waals surface area contributed by atoms with Crippen LogP contribution in [0.5, 0.6) is 0 Å². The second-order valence-electron chi connectivity index (χ2n) is 5.96. The van der Waals surface area contributed by atoms with Gasteiger partial charge in [-0.1, -0.05) is 19.8 Å². The van der Waals surface area contributed by atoms with Gasteiger partial charge >= 0.3 is 6.09 Å². The van der Waals surface area contributed by atoms with E-state index in [0.29, 0.717) is 45.6 Å². The highest BCUT2D eigenvalue weighted by Crippen LogP contribution is 1.95. The van der Waals surface area contributed by atoms with E-state index in [9.17, 15) is 9.59 Å². The molecule has 0 radical (unpaired) electrons. The number of ether oxygens (including phenoxy) is 4. The average molecular weight is 376 g/mol. The van der Waals surface area contributed by atoms with Crippen molar-refractivity contribution in [3.05, 3.63) is 0 Å². The van der Waals surface area contributed by atoms with Gasteiger partial charge in [-0.25, -0.2) is 4.79 Å². The fourth-order valence-corrected chi connectivity index (χ4v) is 2.08. The molecule has 0 saturated carbocycles. The van der Waals surface area contributed by atoms with E-state index in [1.165, 1.54) is 0 Å². The highest BCUT2D eigenvalue weighted by atomic mass is 16.6. The van der Waals surface area contributed by atoms with Crippen LogP contribution in [0.2, 0.25) is 0 Å². The second-order valence-corrected chi connectivity index (χ2v) is 5.96. The highest BCUT2D eigenvalue weighted by Gasteiger charge is 2.10. The Morgan fingerprint density at radius 1 is 0.923 bits per heavy atom. The summed E-state index contributed by atoms with van der Waals surface area (Å²) in [4.78, 5) is 23.0. The first kappa shape index (κ1) is 24.6. The van der Waals surface area contributed by atoms with Crippen molar-refractivity contribution in [2.45, 2.75) is 51.6 Å². The molecule has 0 aliphatic heterocycles. The Bertz CT molecular complexity index is 355. The maximum atomic E-state index is 11.5. The van der Waals surface area contributed by atoms with Gasteiger partial charge in [-0.05, 0) is 19.3 Å². The Morgan fingerprint density at radius 2 is 1.65 bits per heavy atom. The van der Waals surface area contributed by atoms with Gasteiger partial charge in [-0.2, -0.15) is 0 Å². The molecule has 8 nitrogen and oxygen atoms in total. The molecule has 1 atom stereocenters. The summed E-state index contributed by atoms with van der Waals surface area (Å²) in [5, 5.41) is 5.55. The Kier molecular flexibility index (Phi) is 17.4. The van der Waals surface area contributed by atoms with Crippen molar-refractivity contribution in [3.63, 3.8) is 0 Å². The first-order valence-electron chi connectivity index (χ1n) is 9.40. The number of unbranched alkanes of at least 4 members (excludes halogenated alkanes) is 2. The van der Waals surface area contributed by atoms with E-state index < -0.39 is 6.09 Å². The van der Waals surface area contributed by atoms with E-state index in [2.05, 4.69) is 17.6 Å². The predicted octanol–water partition coefficient (Wildman–Crippen LogP) is 1.87. The minimum absolute atomic E-state index is 0.0805. The SMILES string of the molecule is CCCCCNC(=O)CCCOCCCNC(=O)OCC(COC)OC. The summed E-state index contributed by atoms with van der Waals surface area (Å²) in [5.74, 6) is 0.0805. The molecule has 154 valence electrons. The van der Waals surface area contributed by atoms with Gasteiger partial charge in [0.25, 0.3) is 0 Å². The summed E-state index contributed by atoms with van der Waals surface area (Å²) >= 11 is 0. The lowest BCUT2D eigenvalue weighted by atomic mass is 10.2. The number of nitrogens with one attached hydrogen (secondary N) is 2. The van der Waals surface area contributed by atoms with Gasteiger partial charge < -0.3 is 29.6 Å². The minimum Gasteiger partial charge on any atom is -0.447 e. The topological polar surface area (TPSA) is 95.1 Å². The first-order valence-corrected chi connectivity index (χ1v) is 9.40. The maximum Gasteiger partial charge on any atom is 0.407 e. The van der Waals surface area contributed by atoms with Crippen molar-refractivity contribution in [3.8, 4) is 0 Å². The van der Waals surface area contributed by atoms with Gasteiger partial charge in [-0.3, -0.25) is 4.79 Å². The number of alkyl carbamates (subject to hydrolysis) is 1. The molecule has 0 aliphatic rings. The third-order valence-corrected chi connectivity index (χ3v) is 3.62. The van der Waals surface area contributed by atoms with Crippen LogP contribution in [-0.4, -0.2) is 71.8 Å². The summed E-state index contributed by atoms with van der Waals surface area (Å²) < 4.78 is 20.5. The molecule has 2 amide bonds. The van der Waals surface area contributed by atoms with Crippen LogP contribution in [-0.2, 0) is 23.7 Å². The monoisotopic (exact) mass is 376 g/mol. The van der Waals surface area contributed by atoms with Crippen LogP contribution in [0.4, 0.5) is 4.79 Å². The summed E-state index contributed by atoms with van der Waals surface area (Å²) in [6.07, 6.45) is 4.45. The molecule has 0 aromatic heterocycles. The smallest absolute Gasteiger partial charge is 0.407 e. The van der Waals surface area contributed by atoms with Crippen LogP contribution in [0.3, 0.4) is 0 Å². The molecule has 8 heteroatoms. The van der Waals surface area contributed by atoms with Crippen molar-refractivity contribution < 1.29 is 28.5 Å². The van der Waals surface area contributed by atoms with Crippen molar-refractivity contribution in [1.29, 1.82) is 0 Å². The number of amides is 2. The number of methoxy groups -OCH3 is 2. The maximum absolute atomic E-state index is 11.5. The van der Waals surface area contributed by atoms with E-state index in [4.69, 9.17) is 18.9 Å². The van der Waals surface area contributed by atoms with Gasteiger partial charge in [0.15, 0.2) is 0 Å².